The standard InChI is InChI=1S/C25H29BrF3NO/c1-3-19-14-21(10-11-22(19)15-26)17(2)30-31-16-18-9-12-23(20-7-5-4-6-8-20)24(13-18)25(27,28)29/h9-14,20H,3-8,15-16H2,1-2H3/b30-17-/i1D3,3D2,15D2. The van der Waals surface area contributed by atoms with Gasteiger partial charge in [-0.05, 0) is 72.0 Å². The zero-order valence-electron chi connectivity index (χ0n) is 24.2. The van der Waals surface area contributed by atoms with Crippen molar-refractivity contribution in [2.45, 2.75) is 76.2 Å². The van der Waals surface area contributed by atoms with Crippen LogP contribution >= 0.6 is 15.9 Å². The molecule has 1 aliphatic carbocycles. The first-order valence-electron chi connectivity index (χ1n) is 13.6. The molecule has 0 amide bonds. The predicted molar refractivity (Wildman–Crippen MR) is 123 cm³/mol. The van der Waals surface area contributed by atoms with Gasteiger partial charge < -0.3 is 4.84 Å². The van der Waals surface area contributed by atoms with Crippen LogP contribution in [-0.2, 0) is 29.3 Å². The van der Waals surface area contributed by atoms with Crippen molar-refractivity contribution in [3.63, 3.8) is 0 Å². The summed E-state index contributed by atoms with van der Waals surface area (Å²) in [5.41, 5.74) is -0.142. The second-order valence-electron chi connectivity index (χ2n) is 7.68. The highest BCUT2D eigenvalue weighted by atomic mass is 79.9. The van der Waals surface area contributed by atoms with Gasteiger partial charge in [0, 0.05) is 14.9 Å². The Hall–Kier alpha value is -1.82. The second-order valence-corrected chi connectivity index (χ2v) is 8.08. The number of rotatable bonds is 7. The number of halogens is 4. The van der Waals surface area contributed by atoms with Crippen LogP contribution in [0.1, 0.15) is 94.8 Å². The molecule has 0 N–H and O–H groups in total. The highest BCUT2D eigenvalue weighted by molar-refractivity contribution is 9.08. The van der Waals surface area contributed by atoms with Crippen molar-refractivity contribution in [2.24, 2.45) is 5.16 Å². The average Bonchev–Trinajstić information content (AvgIpc) is 2.82. The van der Waals surface area contributed by atoms with Crippen LogP contribution in [0.25, 0.3) is 0 Å². The van der Waals surface area contributed by atoms with E-state index in [0.29, 0.717) is 5.56 Å². The monoisotopic (exact) mass is 502 g/mol. The lowest BCUT2D eigenvalue weighted by Crippen LogP contribution is -2.15. The molecule has 3 rings (SSSR count). The molecule has 0 aromatic heterocycles. The fourth-order valence-electron chi connectivity index (χ4n) is 3.92. The van der Waals surface area contributed by atoms with Crippen LogP contribution in [0.4, 0.5) is 13.2 Å². The highest BCUT2D eigenvalue weighted by Crippen LogP contribution is 2.41. The minimum atomic E-state index is -4.50. The van der Waals surface area contributed by atoms with Gasteiger partial charge in [-0.1, -0.05) is 71.5 Å². The molecule has 0 radical (unpaired) electrons. The number of alkyl halides is 4. The number of hydrogen-bond acceptors (Lipinski definition) is 2. The van der Waals surface area contributed by atoms with E-state index in [-0.39, 0.29) is 40.5 Å². The van der Waals surface area contributed by atoms with Gasteiger partial charge >= 0.3 is 6.18 Å². The molecular weight excluding hydrogens is 467 g/mol. The van der Waals surface area contributed by atoms with Crippen LogP contribution in [0, 0.1) is 0 Å². The van der Waals surface area contributed by atoms with Gasteiger partial charge in [-0.2, -0.15) is 13.2 Å². The lowest BCUT2D eigenvalue weighted by atomic mass is 9.81. The zero-order valence-corrected chi connectivity index (χ0v) is 18.7. The molecule has 2 aromatic rings. The molecular formula is C25H29BrF3NO. The normalized spacial score (nSPS) is 20.5. The van der Waals surface area contributed by atoms with E-state index < -0.39 is 30.2 Å². The van der Waals surface area contributed by atoms with Crippen molar-refractivity contribution in [3.05, 3.63) is 69.8 Å². The molecule has 31 heavy (non-hydrogen) atoms. The van der Waals surface area contributed by atoms with Crippen molar-refractivity contribution in [1.29, 1.82) is 0 Å². The van der Waals surface area contributed by atoms with Gasteiger partial charge in [0.25, 0.3) is 0 Å². The van der Waals surface area contributed by atoms with Crippen molar-refractivity contribution in [2.75, 3.05) is 0 Å². The lowest BCUT2D eigenvalue weighted by molar-refractivity contribution is -0.138. The van der Waals surface area contributed by atoms with Crippen molar-refractivity contribution < 1.29 is 27.6 Å². The smallest absolute Gasteiger partial charge is 0.391 e. The maximum absolute atomic E-state index is 13.8. The number of benzene rings is 2. The van der Waals surface area contributed by atoms with Crippen LogP contribution in [0.15, 0.2) is 41.6 Å². The molecule has 168 valence electrons. The van der Waals surface area contributed by atoms with Gasteiger partial charge in [0.05, 0.1) is 11.3 Å². The van der Waals surface area contributed by atoms with E-state index in [1.807, 2.05) is 0 Å². The van der Waals surface area contributed by atoms with E-state index in [2.05, 4.69) is 21.1 Å². The van der Waals surface area contributed by atoms with Gasteiger partial charge in [-0.15, -0.1) is 0 Å². The predicted octanol–water partition coefficient (Wildman–Crippen LogP) is 8.15. The Morgan fingerprint density at radius 3 is 2.61 bits per heavy atom. The summed E-state index contributed by atoms with van der Waals surface area (Å²) in [7, 11) is 0. The summed E-state index contributed by atoms with van der Waals surface area (Å²) >= 11 is 2.82. The highest BCUT2D eigenvalue weighted by Gasteiger charge is 2.35. The molecule has 1 aliphatic rings. The van der Waals surface area contributed by atoms with Gasteiger partial charge in [-0.3, -0.25) is 0 Å². The molecule has 0 saturated heterocycles. The van der Waals surface area contributed by atoms with Gasteiger partial charge in [0.1, 0.15) is 6.61 Å². The topological polar surface area (TPSA) is 21.6 Å². The first kappa shape index (κ1) is 15.9. The van der Waals surface area contributed by atoms with Gasteiger partial charge in [0.2, 0.25) is 0 Å². The Bertz CT molecular complexity index is 1170. The molecule has 2 aromatic carbocycles. The van der Waals surface area contributed by atoms with Crippen LogP contribution in [0.3, 0.4) is 0 Å². The molecule has 1 fully saturated rings. The third-order valence-corrected chi connectivity index (χ3v) is 6.00. The summed E-state index contributed by atoms with van der Waals surface area (Å²) in [5.74, 6) is -0.116. The molecule has 0 unspecified atom stereocenters. The first-order valence-corrected chi connectivity index (χ1v) is 10.9. The maximum atomic E-state index is 13.8. The molecule has 0 bridgehead atoms. The van der Waals surface area contributed by atoms with Crippen LogP contribution < -0.4 is 0 Å². The van der Waals surface area contributed by atoms with E-state index in [4.69, 9.17) is 14.4 Å². The number of oxime groups is 1. The summed E-state index contributed by atoms with van der Waals surface area (Å²) in [6, 6.07) is 8.11. The summed E-state index contributed by atoms with van der Waals surface area (Å²) in [5, 5.41) is 1.74. The molecule has 2 nitrogen and oxygen atoms in total. The van der Waals surface area contributed by atoms with Crippen molar-refractivity contribution in [3.8, 4) is 0 Å². The Balaban J connectivity index is 1.86. The van der Waals surface area contributed by atoms with Crippen molar-refractivity contribution in [1.82, 2.24) is 0 Å². The van der Waals surface area contributed by atoms with E-state index >= 15 is 0 Å². The van der Waals surface area contributed by atoms with Crippen molar-refractivity contribution >= 4 is 21.6 Å². The van der Waals surface area contributed by atoms with E-state index in [0.717, 1.165) is 38.2 Å². The van der Waals surface area contributed by atoms with Crippen LogP contribution in [-0.4, -0.2) is 5.71 Å². The molecule has 1 saturated carbocycles. The second kappa shape index (κ2) is 10.7. The SMILES string of the molecule is [2H]C([2H])(Br)c1ccc(/C(C)=N\OCc2ccc(C3CCCCC3)c(C(F)(F)F)c2)cc1C([2H])([2H])C([2H])([2H])[2H]. The summed E-state index contributed by atoms with van der Waals surface area (Å²) in [4.78, 5) is 5.31. The molecule has 0 spiro atoms. The fraction of sp³-hybridized carbons (Fsp3) is 0.480. The third-order valence-electron chi connectivity index (χ3n) is 5.57. The molecule has 6 heteroatoms. The first-order chi connectivity index (χ1) is 17.4. The van der Waals surface area contributed by atoms with E-state index in [1.165, 1.54) is 31.2 Å². The minimum Gasteiger partial charge on any atom is -0.391 e. The Morgan fingerprint density at radius 1 is 1.16 bits per heavy atom. The van der Waals surface area contributed by atoms with Crippen LogP contribution in [0.5, 0.6) is 0 Å². The summed E-state index contributed by atoms with van der Waals surface area (Å²) < 4.78 is 96.3. The summed E-state index contributed by atoms with van der Waals surface area (Å²) in [6.07, 6.45) is -3.03. The zero-order chi connectivity index (χ0) is 28.5. The number of aryl methyl sites for hydroxylation is 1. The summed E-state index contributed by atoms with van der Waals surface area (Å²) in [6.45, 7) is -1.80. The molecule has 0 heterocycles. The Labute approximate surface area is 200 Å². The van der Waals surface area contributed by atoms with E-state index in [9.17, 15) is 13.2 Å². The largest absolute Gasteiger partial charge is 0.416 e. The quantitative estimate of drug-likeness (QED) is 0.212. The van der Waals surface area contributed by atoms with Gasteiger partial charge in [-0.25, -0.2) is 0 Å². The Morgan fingerprint density at radius 2 is 1.94 bits per heavy atom. The minimum absolute atomic E-state index is 0.116. The number of nitrogens with zero attached hydrogens (tertiary/aromatic N) is 1. The van der Waals surface area contributed by atoms with Crippen LogP contribution in [0.2, 0.25) is 0 Å². The average molecular weight is 503 g/mol. The number of hydrogen-bond donors (Lipinski definition) is 0. The Kier molecular flexibility index (Phi) is 5.47. The molecule has 0 aliphatic heterocycles. The maximum Gasteiger partial charge on any atom is 0.416 e. The van der Waals surface area contributed by atoms with Gasteiger partial charge in [0.15, 0.2) is 0 Å². The fourth-order valence-corrected chi connectivity index (χ4v) is 4.27. The lowest BCUT2D eigenvalue weighted by Gasteiger charge is -2.25. The van der Waals surface area contributed by atoms with E-state index in [1.54, 1.807) is 6.07 Å². The molecule has 0 atom stereocenters. The third kappa shape index (κ3) is 6.12.